The second-order valence-electron chi connectivity index (χ2n) is 6.74. The van der Waals surface area contributed by atoms with Gasteiger partial charge in [0.05, 0.1) is 27.5 Å². The van der Waals surface area contributed by atoms with Crippen LogP contribution < -0.4 is 10.0 Å². The predicted molar refractivity (Wildman–Crippen MR) is 124 cm³/mol. The average molecular weight is 478 g/mol. The number of fused-ring (bicyclic) bond motifs is 1. The minimum Gasteiger partial charge on any atom is -0.478 e. The average Bonchev–Trinajstić information content (AvgIpc) is 3.27. The van der Waals surface area contributed by atoms with Gasteiger partial charge in [0.25, 0.3) is 10.0 Å². The third-order valence-electron chi connectivity index (χ3n) is 4.57. The van der Waals surface area contributed by atoms with E-state index in [4.69, 9.17) is 14.9 Å². The number of para-hydroxylation sites is 1. The number of sulfonamides is 1. The van der Waals surface area contributed by atoms with Crippen LogP contribution in [0.5, 0.6) is 0 Å². The number of nitriles is 1. The summed E-state index contributed by atoms with van der Waals surface area (Å²) < 4.78 is 32.0. The van der Waals surface area contributed by atoms with Gasteiger partial charge in [0.15, 0.2) is 17.6 Å². The SMILES string of the molecule is CNc1ccc(C#N)cc1C(=O)O.O=Cc1noc2ccc(S(=O)(=O)Nc3ccccc3)cc12. The number of carbonyl (C=O) groups excluding carboxylic acids is 1. The highest BCUT2D eigenvalue weighted by Gasteiger charge is 2.17. The Morgan fingerprint density at radius 3 is 2.47 bits per heavy atom. The van der Waals surface area contributed by atoms with Crippen LogP contribution in [-0.4, -0.2) is 38.0 Å². The normalized spacial score (nSPS) is 10.5. The third-order valence-corrected chi connectivity index (χ3v) is 5.94. The smallest absolute Gasteiger partial charge is 0.337 e. The van der Waals surface area contributed by atoms with Gasteiger partial charge in [0, 0.05) is 18.4 Å². The summed E-state index contributed by atoms with van der Waals surface area (Å²) in [7, 11) is -2.11. The van der Waals surface area contributed by atoms with Gasteiger partial charge in [-0.15, -0.1) is 0 Å². The van der Waals surface area contributed by atoms with Crippen molar-refractivity contribution in [1.82, 2.24) is 5.16 Å². The van der Waals surface area contributed by atoms with Crippen molar-refractivity contribution in [3.63, 3.8) is 0 Å². The zero-order valence-corrected chi connectivity index (χ0v) is 18.5. The Morgan fingerprint density at radius 1 is 1.12 bits per heavy atom. The summed E-state index contributed by atoms with van der Waals surface area (Å²) in [6, 6.07) is 19.1. The predicted octanol–water partition coefficient (Wildman–Crippen LogP) is 3.74. The molecular weight excluding hydrogens is 460 g/mol. The number of rotatable bonds is 6. The fraction of sp³-hybridized carbons (Fsp3) is 0.0435. The molecule has 172 valence electrons. The molecule has 11 heteroatoms. The lowest BCUT2D eigenvalue weighted by molar-refractivity contribution is 0.0697. The molecule has 0 aliphatic heterocycles. The van der Waals surface area contributed by atoms with Gasteiger partial charge in [0.1, 0.15) is 0 Å². The highest BCUT2D eigenvalue weighted by Crippen LogP contribution is 2.23. The fourth-order valence-corrected chi connectivity index (χ4v) is 4.00. The van der Waals surface area contributed by atoms with E-state index in [0.717, 1.165) is 0 Å². The minimum atomic E-state index is -3.74. The summed E-state index contributed by atoms with van der Waals surface area (Å²) in [5.74, 6) is -1.04. The second kappa shape index (κ2) is 10.3. The molecule has 0 fully saturated rings. The molecule has 0 bridgehead atoms. The van der Waals surface area contributed by atoms with Crippen molar-refractivity contribution in [3.05, 3.63) is 83.6 Å². The van der Waals surface area contributed by atoms with Crippen LogP contribution in [0, 0.1) is 11.3 Å². The number of nitrogens with zero attached hydrogens (tertiary/aromatic N) is 2. The lowest BCUT2D eigenvalue weighted by Crippen LogP contribution is -2.12. The summed E-state index contributed by atoms with van der Waals surface area (Å²) >= 11 is 0. The molecule has 0 unspecified atom stereocenters. The first kappa shape index (κ1) is 24.0. The van der Waals surface area contributed by atoms with Gasteiger partial charge in [-0.25, -0.2) is 13.2 Å². The number of aromatic carboxylic acids is 1. The minimum absolute atomic E-state index is 0.0325. The molecule has 0 amide bonds. The van der Waals surface area contributed by atoms with Crippen molar-refractivity contribution in [2.75, 3.05) is 17.1 Å². The molecule has 0 aliphatic carbocycles. The van der Waals surface area contributed by atoms with E-state index in [-0.39, 0.29) is 16.2 Å². The maximum absolute atomic E-state index is 12.3. The third kappa shape index (κ3) is 5.37. The summed E-state index contributed by atoms with van der Waals surface area (Å²) in [5, 5.41) is 24.0. The Balaban J connectivity index is 0.000000215. The molecule has 0 radical (unpaired) electrons. The summed E-state index contributed by atoms with van der Waals surface area (Å²) in [6.07, 6.45) is 0.521. The summed E-state index contributed by atoms with van der Waals surface area (Å²) in [4.78, 5) is 21.6. The van der Waals surface area contributed by atoms with Crippen molar-refractivity contribution in [2.24, 2.45) is 0 Å². The Hall–Kier alpha value is -4.69. The number of carboxylic acid groups (broad SMARTS) is 1. The van der Waals surface area contributed by atoms with Gasteiger partial charge in [-0.1, -0.05) is 23.4 Å². The van der Waals surface area contributed by atoms with Crippen molar-refractivity contribution >= 4 is 44.6 Å². The van der Waals surface area contributed by atoms with E-state index in [1.807, 2.05) is 6.07 Å². The number of carboxylic acids is 1. The van der Waals surface area contributed by atoms with Crippen LogP contribution in [0.4, 0.5) is 11.4 Å². The van der Waals surface area contributed by atoms with Gasteiger partial charge >= 0.3 is 5.97 Å². The largest absolute Gasteiger partial charge is 0.478 e. The van der Waals surface area contributed by atoms with Crippen LogP contribution in [0.25, 0.3) is 11.0 Å². The van der Waals surface area contributed by atoms with E-state index in [9.17, 15) is 18.0 Å². The first-order chi connectivity index (χ1) is 16.3. The molecule has 0 saturated carbocycles. The Bertz CT molecular complexity index is 1490. The van der Waals surface area contributed by atoms with Gasteiger partial charge < -0.3 is 14.9 Å². The molecule has 0 spiro atoms. The second-order valence-corrected chi connectivity index (χ2v) is 8.42. The van der Waals surface area contributed by atoms with Gasteiger partial charge in [-0.3, -0.25) is 9.52 Å². The van der Waals surface area contributed by atoms with E-state index in [1.165, 1.54) is 24.3 Å². The number of aldehydes is 1. The Kier molecular flexibility index (Phi) is 7.25. The standard InChI is InChI=1S/C14H10N2O4S.C9H8N2O2/c17-9-13-12-8-11(6-7-14(12)20-15-13)21(18,19)16-10-4-2-1-3-5-10;1-11-8-3-2-6(5-10)4-7(8)9(12)13/h1-9,16H;2-4,11H,1H3,(H,12,13). The lowest BCUT2D eigenvalue weighted by Gasteiger charge is -2.07. The fourth-order valence-electron chi connectivity index (χ4n) is 2.92. The van der Waals surface area contributed by atoms with Crippen LogP contribution in [0.1, 0.15) is 26.4 Å². The van der Waals surface area contributed by atoms with Crippen molar-refractivity contribution < 1.29 is 27.6 Å². The van der Waals surface area contributed by atoms with Crippen LogP contribution >= 0.6 is 0 Å². The van der Waals surface area contributed by atoms with Crippen molar-refractivity contribution in [3.8, 4) is 6.07 Å². The first-order valence-electron chi connectivity index (χ1n) is 9.66. The Morgan fingerprint density at radius 2 is 1.85 bits per heavy atom. The first-order valence-corrected chi connectivity index (χ1v) is 11.1. The number of anilines is 2. The van der Waals surface area contributed by atoms with Gasteiger partial charge in [-0.2, -0.15) is 5.26 Å². The maximum atomic E-state index is 12.3. The highest BCUT2D eigenvalue weighted by atomic mass is 32.2. The molecule has 0 aliphatic rings. The van der Waals surface area contributed by atoms with Crippen molar-refractivity contribution in [2.45, 2.75) is 4.90 Å². The zero-order valence-electron chi connectivity index (χ0n) is 17.7. The molecule has 4 aromatic rings. The van der Waals surface area contributed by atoms with Crippen molar-refractivity contribution in [1.29, 1.82) is 5.26 Å². The lowest BCUT2D eigenvalue weighted by atomic mass is 10.1. The zero-order chi connectivity index (χ0) is 24.7. The molecule has 1 heterocycles. The number of nitrogens with one attached hydrogen (secondary N) is 2. The highest BCUT2D eigenvalue weighted by molar-refractivity contribution is 7.92. The van der Waals surface area contributed by atoms with E-state index < -0.39 is 16.0 Å². The number of hydrogen-bond acceptors (Lipinski definition) is 8. The van der Waals surface area contributed by atoms with Gasteiger partial charge in [0.2, 0.25) is 0 Å². The quantitative estimate of drug-likeness (QED) is 0.350. The molecular formula is C23H18N4O6S. The molecule has 0 saturated heterocycles. The maximum Gasteiger partial charge on any atom is 0.337 e. The van der Waals surface area contributed by atoms with Crippen LogP contribution in [-0.2, 0) is 10.0 Å². The van der Waals surface area contributed by atoms with Gasteiger partial charge in [-0.05, 0) is 48.5 Å². The van der Waals surface area contributed by atoms with Crippen LogP contribution in [0.3, 0.4) is 0 Å². The summed E-state index contributed by atoms with van der Waals surface area (Å²) in [5.41, 5.74) is 1.85. The molecule has 3 aromatic carbocycles. The van der Waals surface area contributed by atoms with Crippen LogP contribution in [0.15, 0.2) is 76.1 Å². The number of aromatic nitrogens is 1. The number of carbonyl (C=O) groups is 2. The molecule has 0 atom stereocenters. The van der Waals surface area contributed by atoms with E-state index in [1.54, 1.807) is 49.5 Å². The van der Waals surface area contributed by atoms with Crippen LogP contribution in [0.2, 0.25) is 0 Å². The summed E-state index contributed by atoms with van der Waals surface area (Å²) in [6.45, 7) is 0. The monoisotopic (exact) mass is 478 g/mol. The molecule has 10 nitrogen and oxygen atoms in total. The van der Waals surface area contributed by atoms with E-state index >= 15 is 0 Å². The molecule has 1 aromatic heterocycles. The number of hydrogen-bond donors (Lipinski definition) is 3. The molecule has 3 N–H and O–H groups in total. The molecule has 4 rings (SSSR count). The molecule has 34 heavy (non-hydrogen) atoms. The van der Waals surface area contributed by atoms with E-state index in [0.29, 0.717) is 34.2 Å². The van der Waals surface area contributed by atoms with E-state index in [2.05, 4.69) is 15.2 Å². The topological polar surface area (TPSA) is 162 Å². The number of benzene rings is 3. The Labute approximate surface area is 194 Å².